The number of nitrogens with zero attached hydrogens (tertiary/aromatic N) is 2. The molecule has 0 atom stereocenters. The molecule has 0 spiro atoms. The smallest absolute Gasteiger partial charge is 0.0884 e. The number of hydrogen-bond acceptors (Lipinski definition) is 2. The zero-order valence-electron chi connectivity index (χ0n) is 11.0. The first-order valence-corrected chi connectivity index (χ1v) is 6.99. The largest absolute Gasteiger partial charge is 0.374 e. The van der Waals surface area contributed by atoms with Crippen LogP contribution in [0.1, 0.15) is 38.5 Å². The topological polar surface area (TPSA) is 6.48 Å². The monoisotopic (exact) mass is 233 g/mol. The van der Waals surface area contributed by atoms with E-state index in [0.717, 1.165) is 6.42 Å². The molecule has 0 bridgehead atoms. The Kier molecular flexibility index (Phi) is 4.66. The summed E-state index contributed by atoms with van der Waals surface area (Å²) in [6, 6.07) is 1.42. The SMILES string of the molecule is C=CC[C](C(=C)N1CCCC1)N1CCCCC1. The Balaban J connectivity index is 1.98. The van der Waals surface area contributed by atoms with Gasteiger partial charge in [0.2, 0.25) is 0 Å². The highest BCUT2D eigenvalue weighted by atomic mass is 15.2. The van der Waals surface area contributed by atoms with Crippen molar-refractivity contribution in [3.8, 4) is 0 Å². The van der Waals surface area contributed by atoms with Gasteiger partial charge in [-0.15, -0.1) is 6.58 Å². The van der Waals surface area contributed by atoms with Gasteiger partial charge in [0.25, 0.3) is 0 Å². The van der Waals surface area contributed by atoms with Crippen molar-refractivity contribution in [1.82, 2.24) is 9.80 Å². The number of piperidine rings is 1. The van der Waals surface area contributed by atoms with Gasteiger partial charge in [-0.1, -0.05) is 19.1 Å². The minimum absolute atomic E-state index is 0.968. The Morgan fingerprint density at radius 2 is 1.41 bits per heavy atom. The van der Waals surface area contributed by atoms with Gasteiger partial charge >= 0.3 is 0 Å². The number of rotatable bonds is 5. The first-order chi connectivity index (χ1) is 8.33. The van der Waals surface area contributed by atoms with Crippen molar-refractivity contribution in [3.63, 3.8) is 0 Å². The van der Waals surface area contributed by atoms with E-state index in [1.165, 1.54) is 70.0 Å². The minimum Gasteiger partial charge on any atom is -0.374 e. The van der Waals surface area contributed by atoms with Crippen LogP contribution in [-0.2, 0) is 0 Å². The Bertz CT molecular complexity index is 260. The second-order valence-corrected chi connectivity index (χ2v) is 5.13. The van der Waals surface area contributed by atoms with E-state index in [0.29, 0.717) is 0 Å². The van der Waals surface area contributed by atoms with Crippen molar-refractivity contribution in [2.24, 2.45) is 0 Å². The fourth-order valence-electron chi connectivity index (χ4n) is 2.90. The van der Waals surface area contributed by atoms with Gasteiger partial charge in [-0.25, -0.2) is 0 Å². The van der Waals surface area contributed by atoms with Gasteiger partial charge in [-0.2, -0.15) is 0 Å². The van der Waals surface area contributed by atoms with Crippen molar-refractivity contribution in [3.05, 3.63) is 31.0 Å². The van der Waals surface area contributed by atoms with E-state index in [9.17, 15) is 0 Å². The first kappa shape index (κ1) is 12.7. The van der Waals surface area contributed by atoms with Gasteiger partial charge in [0.05, 0.1) is 6.04 Å². The summed E-state index contributed by atoms with van der Waals surface area (Å²) in [6.07, 6.45) is 9.66. The predicted molar refractivity (Wildman–Crippen MR) is 73.4 cm³/mol. The van der Waals surface area contributed by atoms with Crippen LogP contribution in [0, 0.1) is 6.04 Å². The molecule has 2 rings (SSSR count). The van der Waals surface area contributed by atoms with Crippen LogP contribution >= 0.6 is 0 Å². The van der Waals surface area contributed by atoms with Crippen molar-refractivity contribution in [2.45, 2.75) is 38.5 Å². The normalized spacial score (nSPS) is 22.1. The van der Waals surface area contributed by atoms with E-state index in [1.807, 2.05) is 6.08 Å². The molecule has 0 aliphatic carbocycles. The number of likely N-dealkylation sites (tertiary alicyclic amines) is 2. The molecule has 0 N–H and O–H groups in total. The third-order valence-corrected chi connectivity index (χ3v) is 3.90. The van der Waals surface area contributed by atoms with Gasteiger partial charge < -0.3 is 4.90 Å². The van der Waals surface area contributed by atoms with Gasteiger partial charge in [0, 0.05) is 18.8 Å². The van der Waals surface area contributed by atoms with Crippen molar-refractivity contribution >= 4 is 0 Å². The molecule has 0 aromatic rings. The van der Waals surface area contributed by atoms with Crippen molar-refractivity contribution in [2.75, 3.05) is 26.2 Å². The summed E-state index contributed by atoms with van der Waals surface area (Å²) in [5.41, 5.74) is 1.25. The zero-order valence-corrected chi connectivity index (χ0v) is 11.0. The fourth-order valence-corrected chi connectivity index (χ4v) is 2.90. The average Bonchev–Trinajstić information content (AvgIpc) is 2.90. The van der Waals surface area contributed by atoms with E-state index >= 15 is 0 Å². The molecule has 0 saturated carbocycles. The average molecular weight is 233 g/mol. The summed E-state index contributed by atoms with van der Waals surface area (Å²) in [5.74, 6) is 0. The zero-order chi connectivity index (χ0) is 12.1. The van der Waals surface area contributed by atoms with Crippen LogP contribution in [0.15, 0.2) is 24.9 Å². The Morgan fingerprint density at radius 1 is 0.882 bits per heavy atom. The molecule has 0 aromatic heterocycles. The maximum atomic E-state index is 4.33. The van der Waals surface area contributed by atoms with Crippen LogP contribution in [0.2, 0.25) is 0 Å². The van der Waals surface area contributed by atoms with Crippen LogP contribution in [0.3, 0.4) is 0 Å². The summed E-state index contributed by atoms with van der Waals surface area (Å²) in [4.78, 5) is 4.99. The van der Waals surface area contributed by atoms with Gasteiger partial charge in [0.1, 0.15) is 0 Å². The summed E-state index contributed by atoms with van der Waals surface area (Å²) in [6.45, 7) is 13.0. The molecule has 2 fully saturated rings. The molecule has 2 aliphatic rings. The highest BCUT2D eigenvalue weighted by Crippen LogP contribution is 2.29. The van der Waals surface area contributed by atoms with E-state index in [2.05, 4.69) is 23.0 Å². The van der Waals surface area contributed by atoms with Gasteiger partial charge in [-0.05, 0) is 45.2 Å². The quantitative estimate of drug-likeness (QED) is 0.673. The van der Waals surface area contributed by atoms with Crippen LogP contribution < -0.4 is 0 Å². The fraction of sp³-hybridized carbons (Fsp3) is 0.667. The maximum Gasteiger partial charge on any atom is 0.0884 e. The Morgan fingerprint density at radius 3 is 2.00 bits per heavy atom. The van der Waals surface area contributed by atoms with E-state index < -0.39 is 0 Å². The minimum atomic E-state index is 0.968. The van der Waals surface area contributed by atoms with Crippen molar-refractivity contribution in [1.29, 1.82) is 0 Å². The Hall–Kier alpha value is -0.760. The molecule has 0 unspecified atom stereocenters. The summed E-state index contributed by atoms with van der Waals surface area (Å²) >= 11 is 0. The molecule has 2 aliphatic heterocycles. The number of hydrogen-bond donors (Lipinski definition) is 0. The lowest BCUT2D eigenvalue weighted by Crippen LogP contribution is -2.38. The molecule has 2 saturated heterocycles. The lowest BCUT2D eigenvalue weighted by molar-refractivity contribution is 0.224. The Labute approximate surface area is 106 Å². The molecule has 2 heterocycles. The highest BCUT2D eigenvalue weighted by Gasteiger charge is 2.27. The van der Waals surface area contributed by atoms with Crippen molar-refractivity contribution < 1.29 is 0 Å². The predicted octanol–water partition coefficient (Wildman–Crippen LogP) is 3.19. The van der Waals surface area contributed by atoms with Gasteiger partial charge in [-0.3, -0.25) is 4.90 Å². The first-order valence-electron chi connectivity index (χ1n) is 6.99. The third kappa shape index (κ3) is 3.12. The van der Waals surface area contributed by atoms with Crippen LogP contribution in [0.25, 0.3) is 0 Å². The molecule has 2 heteroatoms. The molecular weight excluding hydrogens is 208 g/mol. The molecule has 2 nitrogen and oxygen atoms in total. The summed E-state index contributed by atoms with van der Waals surface area (Å²) in [7, 11) is 0. The lowest BCUT2D eigenvalue weighted by Gasteiger charge is -2.37. The molecule has 17 heavy (non-hydrogen) atoms. The second-order valence-electron chi connectivity index (χ2n) is 5.13. The van der Waals surface area contributed by atoms with Crippen LogP contribution in [0.4, 0.5) is 0 Å². The second kappa shape index (κ2) is 6.25. The van der Waals surface area contributed by atoms with Gasteiger partial charge in [0.15, 0.2) is 0 Å². The van der Waals surface area contributed by atoms with E-state index in [1.54, 1.807) is 0 Å². The van der Waals surface area contributed by atoms with E-state index in [4.69, 9.17) is 0 Å². The summed E-state index contributed by atoms with van der Waals surface area (Å²) < 4.78 is 0. The molecule has 95 valence electrons. The standard InChI is InChI=1S/C15H25N2/c1-3-9-15(17-12-5-4-6-13-17)14(2)16-10-7-8-11-16/h3H,1-2,4-13H2. The molecular formula is C15H25N2. The molecule has 0 aromatic carbocycles. The lowest BCUT2D eigenvalue weighted by atomic mass is 10.0. The summed E-state index contributed by atoms with van der Waals surface area (Å²) in [5, 5.41) is 0. The van der Waals surface area contributed by atoms with Crippen LogP contribution in [0.5, 0.6) is 0 Å². The molecule has 0 amide bonds. The molecule has 1 radical (unpaired) electrons. The highest BCUT2D eigenvalue weighted by molar-refractivity contribution is 5.22. The maximum absolute atomic E-state index is 4.33. The van der Waals surface area contributed by atoms with E-state index in [-0.39, 0.29) is 0 Å². The van der Waals surface area contributed by atoms with Crippen LogP contribution in [-0.4, -0.2) is 36.0 Å². The third-order valence-electron chi connectivity index (χ3n) is 3.90.